The van der Waals surface area contributed by atoms with Crippen molar-refractivity contribution in [2.75, 3.05) is 6.54 Å². The van der Waals surface area contributed by atoms with Gasteiger partial charge in [0.2, 0.25) is 0 Å². The van der Waals surface area contributed by atoms with Gasteiger partial charge in [0.05, 0.1) is 0 Å². The monoisotopic (exact) mass is 204 g/mol. The van der Waals surface area contributed by atoms with Crippen LogP contribution in [0.25, 0.3) is 0 Å². The summed E-state index contributed by atoms with van der Waals surface area (Å²) >= 11 is 0. The lowest BCUT2D eigenvalue weighted by atomic mass is 10.1. The maximum atomic E-state index is 11.5. The number of hydrogen-bond donors (Lipinski definition) is 3. The molecule has 0 aliphatic carbocycles. The topological polar surface area (TPSA) is 79.0 Å². The second-order valence-corrected chi connectivity index (χ2v) is 3.10. The Morgan fingerprint density at radius 2 is 1.87 bits per heavy atom. The van der Waals surface area contributed by atoms with E-state index in [1.54, 1.807) is 24.3 Å². The number of amidine groups is 1. The zero-order valence-electron chi connectivity index (χ0n) is 8.42. The van der Waals surface area contributed by atoms with Gasteiger partial charge in [-0.25, -0.2) is 0 Å². The number of amides is 1. The highest BCUT2D eigenvalue weighted by molar-refractivity contribution is 5.98. The van der Waals surface area contributed by atoms with Crippen molar-refractivity contribution >= 4 is 11.7 Å². The van der Waals surface area contributed by atoms with E-state index in [0.717, 1.165) is 0 Å². The Morgan fingerprint density at radius 3 is 2.33 bits per heavy atom. The first-order valence-corrected chi connectivity index (χ1v) is 4.67. The zero-order valence-corrected chi connectivity index (χ0v) is 8.42. The summed E-state index contributed by atoms with van der Waals surface area (Å²) in [6.45, 7) is 4.19. The average Bonchev–Trinajstić information content (AvgIpc) is 2.26. The smallest absolute Gasteiger partial charge is 0.251 e. The summed E-state index contributed by atoms with van der Waals surface area (Å²) in [7, 11) is 0. The van der Waals surface area contributed by atoms with Crippen LogP contribution in [0.5, 0.6) is 0 Å². The molecule has 0 aliphatic rings. The van der Waals surface area contributed by atoms with Crippen molar-refractivity contribution in [1.29, 1.82) is 5.41 Å². The minimum atomic E-state index is -0.131. The van der Waals surface area contributed by atoms with E-state index in [1.165, 1.54) is 0 Å². The molecule has 79 valence electrons. The third-order valence-electron chi connectivity index (χ3n) is 1.92. The Morgan fingerprint density at radius 1 is 1.33 bits per heavy atom. The van der Waals surface area contributed by atoms with E-state index in [-0.39, 0.29) is 11.7 Å². The predicted octanol–water partition coefficient (Wildman–Crippen LogP) is 0.925. The highest BCUT2D eigenvalue weighted by Gasteiger charge is 2.04. The van der Waals surface area contributed by atoms with Gasteiger partial charge in [-0.1, -0.05) is 19.1 Å². The molecule has 0 aliphatic heterocycles. The summed E-state index contributed by atoms with van der Waals surface area (Å²) in [6.07, 6.45) is 0.664. The van der Waals surface area contributed by atoms with Crippen LogP contribution in [0.15, 0.2) is 24.3 Å². The fourth-order valence-corrected chi connectivity index (χ4v) is 1.11. The van der Waals surface area contributed by atoms with Crippen molar-refractivity contribution in [3.8, 4) is 0 Å². The summed E-state index contributed by atoms with van der Waals surface area (Å²) in [4.78, 5) is 11.5. The summed E-state index contributed by atoms with van der Waals surface area (Å²) in [5.74, 6) is -0.131. The third-order valence-corrected chi connectivity index (χ3v) is 1.92. The first kappa shape index (κ1) is 11.2. The van der Waals surface area contributed by atoms with Gasteiger partial charge >= 0.3 is 0 Å². The van der Waals surface area contributed by atoms with Crippen LogP contribution in [0, 0.1) is 12.3 Å². The lowest BCUT2D eigenvalue weighted by Crippen LogP contribution is -2.24. The number of nitrogens with two attached hydrogens (primary N) is 1. The number of carbonyl (C=O) groups is 1. The van der Waals surface area contributed by atoms with Gasteiger partial charge in [0.15, 0.2) is 0 Å². The van der Waals surface area contributed by atoms with E-state index in [2.05, 4.69) is 12.2 Å². The normalized spacial score (nSPS) is 9.67. The second kappa shape index (κ2) is 5.14. The molecule has 4 heteroatoms. The number of hydrogen-bond acceptors (Lipinski definition) is 2. The fraction of sp³-hybridized carbons (Fsp3) is 0.182. The molecule has 4 N–H and O–H groups in total. The highest BCUT2D eigenvalue weighted by Crippen LogP contribution is 2.03. The van der Waals surface area contributed by atoms with Crippen LogP contribution < -0.4 is 11.1 Å². The van der Waals surface area contributed by atoms with Crippen molar-refractivity contribution in [2.24, 2.45) is 5.73 Å². The van der Waals surface area contributed by atoms with Gasteiger partial charge in [0, 0.05) is 17.7 Å². The summed E-state index contributed by atoms with van der Waals surface area (Å²) in [5, 5.41) is 9.90. The largest absolute Gasteiger partial charge is 0.384 e. The molecule has 0 atom stereocenters. The van der Waals surface area contributed by atoms with Gasteiger partial charge < -0.3 is 11.1 Å². The lowest BCUT2D eigenvalue weighted by Gasteiger charge is -2.04. The van der Waals surface area contributed by atoms with Crippen LogP contribution in [0.1, 0.15) is 22.3 Å². The molecular formula is C11H14N3O. The van der Waals surface area contributed by atoms with Crippen LogP contribution in [0.4, 0.5) is 0 Å². The molecular weight excluding hydrogens is 190 g/mol. The van der Waals surface area contributed by atoms with Crippen LogP contribution in [-0.2, 0) is 0 Å². The van der Waals surface area contributed by atoms with Gasteiger partial charge in [-0.3, -0.25) is 10.2 Å². The molecule has 0 aromatic heterocycles. The molecule has 0 spiro atoms. The quantitative estimate of drug-likeness (QED) is 0.503. The molecule has 0 unspecified atom stereocenters. The van der Waals surface area contributed by atoms with Crippen LogP contribution in [-0.4, -0.2) is 18.3 Å². The molecule has 1 aromatic rings. The van der Waals surface area contributed by atoms with Crippen molar-refractivity contribution in [1.82, 2.24) is 5.32 Å². The number of carbonyl (C=O) groups excluding carboxylic acids is 1. The van der Waals surface area contributed by atoms with Crippen LogP contribution >= 0.6 is 0 Å². The molecule has 4 nitrogen and oxygen atoms in total. The molecule has 15 heavy (non-hydrogen) atoms. The molecule has 0 heterocycles. The first-order chi connectivity index (χ1) is 7.15. The standard InChI is InChI=1S/C11H14N3O/c1-2-7-14-11(15)9-5-3-8(4-6-9)10(12)13/h3-6H,1-2,7H2,(H3,12,13)(H,14,15). The zero-order chi connectivity index (χ0) is 11.3. The summed E-state index contributed by atoms with van der Waals surface area (Å²) < 4.78 is 0. The van der Waals surface area contributed by atoms with Gasteiger partial charge in [0.25, 0.3) is 5.91 Å². The Bertz CT molecular complexity index is 357. The lowest BCUT2D eigenvalue weighted by molar-refractivity contribution is 0.0954. The Balaban J connectivity index is 2.71. The maximum absolute atomic E-state index is 11.5. The van der Waals surface area contributed by atoms with Crippen molar-refractivity contribution in [2.45, 2.75) is 6.42 Å². The first-order valence-electron chi connectivity index (χ1n) is 4.67. The average molecular weight is 204 g/mol. The molecule has 0 saturated heterocycles. The van der Waals surface area contributed by atoms with E-state index >= 15 is 0 Å². The number of rotatable bonds is 4. The molecule has 0 saturated carbocycles. The highest BCUT2D eigenvalue weighted by atomic mass is 16.1. The maximum Gasteiger partial charge on any atom is 0.251 e. The van der Waals surface area contributed by atoms with E-state index in [4.69, 9.17) is 11.1 Å². The number of nitrogen functional groups attached to an aromatic ring is 1. The molecule has 0 bridgehead atoms. The molecule has 1 rings (SSSR count). The molecule has 0 fully saturated rings. The Labute approximate surface area is 89.0 Å². The Hall–Kier alpha value is -1.84. The number of nitrogens with one attached hydrogen (secondary N) is 2. The van der Waals surface area contributed by atoms with Crippen LogP contribution in [0.3, 0.4) is 0 Å². The molecule has 1 radical (unpaired) electrons. The van der Waals surface area contributed by atoms with Gasteiger partial charge in [-0.15, -0.1) is 0 Å². The summed E-state index contributed by atoms with van der Waals surface area (Å²) in [5.41, 5.74) is 6.47. The molecule has 1 aromatic carbocycles. The van der Waals surface area contributed by atoms with Gasteiger partial charge in [0.1, 0.15) is 5.84 Å². The van der Waals surface area contributed by atoms with Crippen molar-refractivity contribution in [3.05, 3.63) is 42.3 Å². The Kier molecular flexibility index (Phi) is 3.85. The fourth-order valence-electron chi connectivity index (χ4n) is 1.11. The minimum absolute atomic E-state index is 0.000263. The minimum Gasteiger partial charge on any atom is -0.384 e. The number of benzene rings is 1. The van der Waals surface area contributed by atoms with Crippen LogP contribution in [0.2, 0.25) is 0 Å². The van der Waals surface area contributed by atoms with E-state index in [1.807, 2.05) is 0 Å². The van der Waals surface area contributed by atoms with Crippen molar-refractivity contribution < 1.29 is 4.79 Å². The van der Waals surface area contributed by atoms with Crippen molar-refractivity contribution in [3.63, 3.8) is 0 Å². The predicted molar refractivity (Wildman–Crippen MR) is 59.8 cm³/mol. The third kappa shape index (κ3) is 3.09. The van der Waals surface area contributed by atoms with E-state index in [0.29, 0.717) is 24.1 Å². The van der Waals surface area contributed by atoms with Gasteiger partial charge in [-0.05, 0) is 18.6 Å². The van der Waals surface area contributed by atoms with E-state index in [9.17, 15) is 4.79 Å². The second-order valence-electron chi connectivity index (χ2n) is 3.10. The van der Waals surface area contributed by atoms with E-state index < -0.39 is 0 Å². The van der Waals surface area contributed by atoms with Gasteiger partial charge in [-0.2, -0.15) is 0 Å². The molecule has 1 amide bonds. The summed E-state index contributed by atoms with van der Waals surface area (Å²) in [6, 6.07) is 6.60. The SMILES string of the molecule is [CH2]CCNC(=O)c1ccc(C(=N)N)cc1.